The summed E-state index contributed by atoms with van der Waals surface area (Å²) in [5, 5.41) is 3.74. The molecule has 3 heteroatoms. The van der Waals surface area contributed by atoms with E-state index in [-0.39, 0.29) is 5.78 Å². The average molecular weight is 312 g/mol. The number of hydrogen-bond acceptors (Lipinski definition) is 3. The first-order chi connectivity index (χ1) is 11.6. The van der Waals surface area contributed by atoms with Crippen molar-refractivity contribution in [3.63, 3.8) is 0 Å². The fourth-order valence-corrected chi connectivity index (χ4v) is 3.12. The third-order valence-electron chi connectivity index (χ3n) is 4.36. The first-order valence-corrected chi connectivity index (χ1v) is 7.75. The maximum absolute atomic E-state index is 13.1. The number of carbonyl (C=O) groups excluding carboxylic acids is 1. The minimum absolute atomic E-state index is 0.0885. The van der Waals surface area contributed by atoms with Gasteiger partial charge in [0.2, 0.25) is 0 Å². The summed E-state index contributed by atoms with van der Waals surface area (Å²) in [5.41, 5.74) is 14.5. The number of rotatable bonds is 2. The third-order valence-corrected chi connectivity index (χ3v) is 4.36. The first-order valence-electron chi connectivity index (χ1n) is 7.75. The lowest BCUT2D eigenvalue weighted by molar-refractivity contribution is 0.104. The molecule has 3 nitrogen and oxygen atoms in total. The molecular weight excluding hydrogens is 296 g/mol. The lowest BCUT2D eigenvalue weighted by Gasteiger charge is -2.11. The summed E-state index contributed by atoms with van der Waals surface area (Å²) < 4.78 is 0. The monoisotopic (exact) mass is 312 g/mol. The maximum Gasteiger partial charge on any atom is 0.195 e. The van der Waals surface area contributed by atoms with Crippen LogP contribution in [0, 0.1) is 0 Å². The Morgan fingerprint density at radius 2 is 1.25 bits per heavy atom. The van der Waals surface area contributed by atoms with Crippen molar-refractivity contribution in [2.45, 2.75) is 0 Å². The fraction of sp³-hybridized carbons (Fsp3) is 0. The van der Waals surface area contributed by atoms with Gasteiger partial charge in [-0.25, -0.2) is 0 Å². The van der Waals surface area contributed by atoms with E-state index in [9.17, 15) is 4.79 Å². The van der Waals surface area contributed by atoms with Crippen LogP contribution in [0.4, 0.5) is 11.4 Å². The molecule has 4 rings (SSSR count). The van der Waals surface area contributed by atoms with Crippen LogP contribution in [0.5, 0.6) is 0 Å². The highest BCUT2D eigenvalue weighted by Crippen LogP contribution is 2.29. The van der Waals surface area contributed by atoms with Crippen LogP contribution in [-0.4, -0.2) is 5.78 Å². The number of carbonyl (C=O) groups is 1. The van der Waals surface area contributed by atoms with Crippen molar-refractivity contribution in [1.29, 1.82) is 0 Å². The van der Waals surface area contributed by atoms with Crippen LogP contribution in [-0.2, 0) is 0 Å². The van der Waals surface area contributed by atoms with E-state index in [0.717, 1.165) is 21.5 Å². The summed E-state index contributed by atoms with van der Waals surface area (Å²) in [6.07, 6.45) is 0. The van der Waals surface area contributed by atoms with E-state index >= 15 is 0 Å². The largest absolute Gasteiger partial charge is 0.398 e. The van der Waals surface area contributed by atoms with Gasteiger partial charge in [0.1, 0.15) is 0 Å². The minimum Gasteiger partial charge on any atom is -0.398 e. The lowest BCUT2D eigenvalue weighted by Crippen LogP contribution is -2.06. The Kier molecular flexibility index (Phi) is 3.21. The number of hydrogen-bond donors (Lipinski definition) is 2. The van der Waals surface area contributed by atoms with E-state index in [1.165, 1.54) is 0 Å². The summed E-state index contributed by atoms with van der Waals surface area (Å²) in [7, 11) is 0. The van der Waals surface area contributed by atoms with Gasteiger partial charge in [-0.05, 0) is 40.4 Å². The van der Waals surface area contributed by atoms with Gasteiger partial charge in [0.25, 0.3) is 0 Å². The van der Waals surface area contributed by atoms with E-state index < -0.39 is 0 Å². The van der Waals surface area contributed by atoms with Crippen LogP contribution in [0.25, 0.3) is 21.5 Å². The molecule has 0 saturated carbocycles. The quantitative estimate of drug-likeness (QED) is 0.426. The molecule has 0 radical (unpaired) electrons. The molecule has 24 heavy (non-hydrogen) atoms. The van der Waals surface area contributed by atoms with Gasteiger partial charge in [-0.1, -0.05) is 48.5 Å². The van der Waals surface area contributed by atoms with E-state index in [1.54, 1.807) is 12.1 Å². The Balaban J connectivity index is 1.94. The molecule has 4 N–H and O–H groups in total. The first kappa shape index (κ1) is 14.3. The molecule has 0 bridgehead atoms. The van der Waals surface area contributed by atoms with Gasteiger partial charge in [0.05, 0.1) is 0 Å². The smallest absolute Gasteiger partial charge is 0.195 e. The van der Waals surface area contributed by atoms with Crippen molar-refractivity contribution < 1.29 is 4.79 Å². The van der Waals surface area contributed by atoms with Gasteiger partial charge in [-0.15, -0.1) is 0 Å². The molecule has 0 aromatic heterocycles. The molecule has 4 aromatic carbocycles. The third kappa shape index (κ3) is 2.18. The second kappa shape index (κ2) is 5.39. The predicted octanol–water partition coefficient (Wildman–Crippen LogP) is 4.39. The Morgan fingerprint density at radius 1 is 0.625 bits per heavy atom. The summed E-state index contributed by atoms with van der Waals surface area (Å²) in [6.45, 7) is 0. The zero-order valence-corrected chi connectivity index (χ0v) is 13.0. The van der Waals surface area contributed by atoms with Crippen molar-refractivity contribution >= 4 is 38.7 Å². The second-order valence-corrected chi connectivity index (χ2v) is 5.86. The summed E-state index contributed by atoms with van der Waals surface area (Å²) >= 11 is 0. The van der Waals surface area contributed by atoms with Crippen molar-refractivity contribution in [1.82, 2.24) is 0 Å². The standard InChI is InChI=1S/C21H16N2O/c22-19-10-9-17(15-7-3-4-8-16(15)19)21(24)18-11-13-5-1-2-6-14(13)12-20(18)23/h1-12H,22-23H2. The Bertz CT molecular complexity index is 1100. The molecule has 0 saturated heterocycles. The molecule has 116 valence electrons. The molecule has 0 fully saturated rings. The molecule has 0 spiro atoms. The Morgan fingerprint density at radius 3 is 2.00 bits per heavy atom. The van der Waals surface area contributed by atoms with Crippen LogP contribution in [0.15, 0.2) is 72.8 Å². The highest BCUT2D eigenvalue weighted by atomic mass is 16.1. The van der Waals surface area contributed by atoms with Gasteiger partial charge in [-0.3, -0.25) is 4.79 Å². The maximum atomic E-state index is 13.1. The fourth-order valence-electron chi connectivity index (χ4n) is 3.12. The molecule has 0 amide bonds. The van der Waals surface area contributed by atoms with Gasteiger partial charge in [0.15, 0.2) is 5.78 Å². The molecule has 4 aromatic rings. The number of anilines is 2. The van der Waals surface area contributed by atoms with Crippen molar-refractivity contribution in [3.05, 3.63) is 83.9 Å². The van der Waals surface area contributed by atoms with E-state index in [2.05, 4.69) is 0 Å². The van der Waals surface area contributed by atoms with Gasteiger partial charge < -0.3 is 11.5 Å². The Hall–Kier alpha value is -3.33. The molecule has 0 unspecified atom stereocenters. The lowest BCUT2D eigenvalue weighted by atomic mass is 9.94. The number of benzene rings is 4. The number of ketones is 1. The van der Waals surface area contributed by atoms with Crippen LogP contribution < -0.4 is 11.5 Å². The number of nitrogens with two attached hydrogens (primary N) is 2. The summed E-state index contributed by atoms with van der Waals surface area (Å²) in [5.74, 6) is -0.0885. The molecule has 0 atom stereocenters. The van der Waals surface area contributed by atoms with Crippen LogP contribution in [0.2, 0.25) is 0 Å². The zero-order chi connectivity index (χ0) is 16.7. The normalized spacial score (nSPS) is 11.0. The van der Waals surface area contributed by atoms with Crippen LogP contribution >= 0.6 is 0 Å². The number of nitrogen functional groups attached to an aromatic ring is 2. The molecule has 0 heterocycles. The second-order valence-electron chi connectivity index (χ2n) is 5.86. The Labute approximate surface area is 139 Å². The zero-order valence-electron chi connectivity index (χ0n) is 13.0. The van der Waals surface area contributed by atoms with Gasteiger partial charge >= 0.3 is 0 Å². The number of fused-ring (bicyclic) bond motifs is 2. The SMILES string of the molecule is Nc1cc2ccccc2cc1C(=O)c1ccc(N)c2ccccc12. The van der Waals surface area contributed by atoms with Gasteiger partial charge in [-0.2, -0.15) is 0 Å². The predicted molar refractivity (Wildman–Crippen MR) is 100 cm³/mol. The topological polar surface area (TPSA) is 69.1 Å². The molecule has 0 aliphatic carbocycles. The van der Waals surface area contributed by atoms with Crippen molar-refractivity contribution in [2.24, 2.45) is 0 Å². The van der Waals surface area contributed by atoms with Crippen molar-refractivity contribution in [2.75, 3.05) is 11.5 Å². The highest BCUT2D eigenvalue weighted by Gasteiger charge is 2.16. The summed E-state index contributed by atoms with van der Waals surface area (Å²) in [4.78, 5) is 13.1. The molecule has 0 aliphatic heterocycles. The van der Waals surface area contributed by atoms with Crippen LogP contribution in [0.1, 0.15) is 15.9 Å². The van der Waals surface area contributed by atoms with E-state index in [0.29, 0.717) is 22.5 Å². The van der Waals surface area contributed by atoms with E-state index in [1.807, 2.05) is 60.7 Å². The minimum atomic E-state index is -0.0885. The molecular formula is C21H16N2O. The van der Waals surface area contributed by atoms with Gasteiger partial charge in [0, 0.05) is 27.9 Å². The summed E-state index contributed by atoms with van der Waals surface area (Å²) in [6, 6.07) is 22.8. The van der Waals surface area contributed by atoms with E-state index in [4.69, 9.17) is 11.5 Å². The van der Waals surface area contributed by atoms with Crippen LogP contribution in [0.3, 0.4) is 0 Å². The molecule has 0 aliphatic rings. The van der Waals surface area contributed by atoms with Crippen molar-refractivity contribution in [3.8, 4) is 0 Å². The average Bonchev–Trinajstić information content (AvgIpc) is 2.61. The highest BCUT2D eigenvalue weighted by molar-refractivity contribution is 6.20.